The van der Waals surface area contributed by atoms with Gasteiger partial charge in [-0.05, 0) is 37.1 Å². The largest absolute Gasteiger partial charge is 0.395 e. The predicted molar refractivity (Wildman–Crippen MR) is 95.5 cm³/mol. The monoisotopic (exact) mass is 338 g/mol. The van der Waals surface area contributed by atoms with Crippen LogP contribution in [0.15, 0.2) is 42.7 Å². The van der Waals surface area contributed by atoms with E-state index in [0.29, 0.717) is 11.6 Å². The first-order valence-electron chi connectivity index (χ1n) is 8.82. The second-order valence-electron chi connectivity index (χ2n) is 6.50. The van der Waals surface area contributed by atoms with Crippen molar-refractivity contribution in [3.05, 3.63) is 48.3 Å². The summed E-state index contributed by atoms with van der Waals surface area (Å²) in [6.07, 6.45) is 8.89. The molecule has 0 spiro atoms. The molecule has 0 radical (unpaired) electrons. The molecule has 1 fully saturated rings. The Morgan fingerprint density at radius 3 is 2.88 bits per heavy atom. The van der Waals surface area contributed by atoms with Crippen molar-refractivity contribution in [2.24, 2.45) is 0 Å². The van der Waals surface area contributed by atoms with Crippen LogP contribution in [0.1, 0.15) is 42.1 Å². The van der Waals surface area contributed by atoms with Gasteiger partial charge >= 0.3 is 0 Å². The predicted octanol–water partition coefficient (Wildman–Crippen LogP) is 2.64. The van der Waals surface area contributed by atoms with Gasteiger partial charge in [-0.25, -0.2) is 0 Å². The number of fused-ring (bicyclic) bond motifs is 1. The summed E-state index contributed by atoms with van der Waals surface area (Å²) in [6, 6.07) is 10.2. The third-order valence-electron chi connectivity index (χ3n) is 4.89. The van der Waals surface area contributed by atoms with Crippen molar-refractivity contribution in [2.45, 2.75) is 31.7 Å². The van der Waals surface area contributed by atoms with Crippen LogP contribution >= 0.6 is 0 Å². The number of nitrogens with zero attached hydrogens (tertiary/aromatic N) is 3. The molecule has 0 bridgehead atoms. The average Bonchev–Trinajstić information content (AvgIpc) is 3.37. The maximum absolute atomic E-state index is 12.4. The van der Waals surface area contributed by atoms with E-state index in [1.807, 2.05) is 47.1 Å². The number of nitrogens with one attached hydrogen (secondary N) is 1. The number of hydrogen-bond donors (Lipinski definition) is 2. The molecule has 2 N–H and O–H groups in total. The zero-order valence-electron chi connectivity index (χ0n) is 14.1. The Hall–Kier alpha value is -2.60. The van der Waals surface area contributed by atoms with E-state index in [1.54, 1.807) is 0 Å². The Balaban J connectivity index is 1.73. The minimum Gasteiger partial charge on any atom is -0.395 e. The highest BCUT2D eigenvalue weighted by atomic mass is 16.3. The SMILES string of the molecule is O=C(NCCO)c1cc(-c2ccn(C3CCCC3)n2)n2ccccc12. The Morgan fingerprint density at radius 2 is 2.08 bits per heavy atom. The van der Waals surface area contributed by atoms with Crippen molar-refractivity contribution >= 4 is 11.4 Å². The van der Waals surface area contributed by atoms with Crippen LogP contribution in [0.5, 0.6) is 0 Å². The lowest BCUT2D eigenvalue weighted by atomic mass is 10.2. The zero-order valence-corrected chi connectivity index (χ0v) is 14.1. The van der Waals surface area contributed by atoms with Gasteiger partial charge in [-0.1, -0.05) is 18.9 Å². The number of aliphatic hydroxyl groups excluding tert-OH is 1. The molecule has 1 aliphatic rings. The van der Waals surface area contributed by atoms with Gasteiger partial charge in [0.2, 0.25) is 0 Å². The van der Waals surface area contributed by atoms with E-state index in [9.17, 15) is 4.79 Å². The molecule has 1 amide bonds. The number of pyridine rings is 1. The summed E-state index contributed by atoms with van der Waals surface area (Å²) >= 11 is 0. The van der Waals surface area contributed by atoms with Gasteiger partial charge in [-0.3, -0.25) is 9.48 Å². The molecule has 0 unspecified atom stereocenters. The summed E-state index contributed by atoms with van der Waals surface area (Å²) in [4.78, 5) is 12.4. The number of carbonyl (C=O) groups excluding carboxylic acids is 1. The number of aliphatic hydroxyl groups is 1. The molecule has 3 heterocycles. The van der Waals surface area contributed by atoms with Gasteiger partial charge in [0, 0.05) is 18.9 Å². The van der Waals surface area contributed by atoms with E-state index in [1.165, 1.54) is 25.7 Å². The minimum atomic E-state index is -0.181. The third-order valence-corrected chi connectivity index (χ3v) is 4.89. The van der Waals surface area contributed by atoms with Gasteiger partial charge in [0.05, 0.1) is 29.4 Å². The minimum absolute atomic E-state index is 0.0732. The highest BCUT2D eigenvalue weighted by Gasteiger charge is 2.20. The van der Waals surface area contributed by atoms with Gasteiger partial charge < -0.3 is 14.8 Å². The number of rotatable bonds is 5. The van der Waals surface area contributed by atoms with Crippen molar-refractivity contribution in [1.29, 1.82) is 0 Å². The number of carbonyl (C=O) groups is 1. The first-order valence-corrected chi connectivity index (χ1v) is 8.82. The normalized spacial score (nSPS) is 15.1. The van der Waals surface area contributed by atoms with Crippen molar-refractivity contribution in [2.75, 3.05) is 13.2 Å². The lowest BCUT2D eigenvalue weighted by molar-refractivity contribution is 0.0946. The molecule has 0 atom stereocenters. The van der Waals surface area contributed by atoms with Gasteiger partial charge in [0.1, 0.15) is 5.69 Å². The molecule has 130 valence electrons. The fraction of sp³-hybridized carbons (Fsp3) is 0.368. The number of amides is 1. The van der Waals surface area contributed by atoms with Crippen LogP contribution < -0.4 is 5.32 Å². The molecule has 4 rings (SSSR count). The van der Waals surface area contributed by atoms with E-state index >= 15 is 0 Å². The topological polar surface area (TPSA) is 71.6 Å². The van der Waals surface area contributed by atoms with Crippen LogP contribution in [0.4, 0.5) is 0 Å². The Morgan fingerprint density at radius 1 is 1.24 bits per heavy atom. The summed E-state index contributed by atoms with van der Waals surface area (Å²) in [5.41, 5.74) is 3.21. The fourth-order valence-electron chi connectivity index (χ4n) is 3.64. The second kappa shape index (κ2) is 6.72. The van der Waals surface area contributed by atoms with E-state index in [4.69, 9.17) is 10.2 Å². The molecule has 1 saturated carbocycles. The molecule has 0 aromatic carbocycles. The molecule has 6 nitrogen and oxygen atoms in total. The number of aromatic nitrogens is 3. The van der Waals surface area contributed by atoms with Crippen LogP contribution in [-0.4, -0.2) is 38.3 Å². The van der Waals surface area contributed by atoms with Crippen LogP contribution in [-0.2, 0) is 0 Å². The quantitative estimate of drug-likeness (QED) is 0.751. The number of hydrogen-bond acceptors (Lipinski definition) is 3. The van der Waals surface area contributed by atoms with Crippen LogP contribution in [0, 0.1) is 0 Å². The highest BCUT2D eigenvalue weighted by Crippen LogP contribution is 2.31. The summed E-state index contributed by atoms with van der Waals surface area (Å²) in [5, 5.41) is 16.4. The first-order chi connectivity index (χ1) is 12.3. The summed E-state index contributed by atoms with van der Waals surface area (Å²) in [5.74, 6) is -0.181. The Kier molecular flexibility index (Phi) is 4.28. The van der Waals surface area contributed by atoms with Crippen molar-refractivity contribution < 1.29 is 9.90 Å². The summed E-state index contributed by atoms with van der Waals surface area (Å²) in [7, 11) is 0. The zero-order chi connectivity index (χ0) is 17.2. The Bertz CT molecular complexity index is 890. The van der Waals surface area contributed by atoms with Gasteiger partial charge in [0.15, 0.2) is 0 Å². The smallest absolute Gasteiger partial charge is 0.253 e. The molecular weight excluding hydrogens is 316 g/mol. The Labute approximate surface area is 146 Å². The molecule has 3 aromatic heterocycles. The second-order valence-corrected chi connectivity index (χ2v) is 6.50. The van der Waals surface area contributed by atoms with Gasteiger partial charge in [-0.15, -0.1) is 0 Å². The van der Waals surface area contributed by atoms with Crippen molar-refractivity contribution in [3.8, 4) is 11.4 Å². The highest BCUT2D eigenvalue weighted by molar-refractivity contribution is 6.02. The van der Waals surface area contributed by atoms with E-state index in [2.05, 4.69) is 10.00 Å². The average molecular weight is 338 g/mol. The van der Waals surface area contributed by atoms with E-state index in [-0.39, 0.29) is 19.1 Å². The molecular formula is C19H22N4O2. The first kappa shape index (κ1) is 15.9. The molecule has 3 aromatic rings. The maximum Gasteiger partial charge on any atom is 0.253 e. The molecule has 0 saturated heterocycles. The third kappa shape index (κ3) is 2.93. The van der Waals surface area contributed by atoms with Crippen molar-refractivity contribution in [3.63, 3.8) is 0 Å². The lowest BCUT2D eigenvalue weighted by Gasteiger charge is -2.08. The molecule has 0 aliphatic heterocycles. The molecule has 1 aliphatic carbocycles. The maximum atomic E-state index is 12.4. The van der Waals surface area contributed by atoms with Gasteiger partial charge in [0.25, 0.3) is 5.91 Å². The van der Waals surface area contributed by atoms with Crippen LogP contribution in [0.3, 0.4) is 0 Å². The van der Waals surface area contributed by atoms with Crippen LogP contribution in [0.2, 0.25) is 0 Å². The van der Waals surface area contributed by atoms with E-state index < -0.39 is 0 Å². The molecule has 6 heteroatoms. The van der Waals surface area contributed by atoms with Crippen molar-refractivity contribution in [1.82, 2.24) is 19.5 Å². The van der Waals surface area contributed by atoms with Gasteiger partial charge in [-0.2, -0.15) is 5.10 Å². The standard InChI is InChI=1S/C19H22N4O2/c24-12-9-20-19(25)15-13-18(22-10-4-3-7-17(15)22)16-8-11-23(21-16)14-5-1-2-6-14/h3-4,7-8,10-11,13-14,24H,1-2,5-6,9,12H2,(H,20,25). The van der Waals surface area contributed by atoms with Crippen LogP contribution in [0.25, 0.3) is 16.9 Å². The lowest BCUT2D eigenvalue weighted by Crippen LogP contribution is -2.26. The van der Waals surface area contributed by atoms with E-state index in [0.717, 1.165) is 16.9 Å². The summed E-state index contributed by atoms with van der Waals surface area (Å²) in [6.45, 7) is 0.171. The summed E-state index contributed by atoms with van der Waals surface area (Å²) < 4.78 is 4.06. The molecule has 25 heavy (non-hydrogen) atoms. The fourth-order valence-corrected chi connectivity index (χ4v) is 3.64.